The number of fused-ring (bicyclic) bond motifs is 3. The van der Waals surface area contributed by atoms with Crippen LogP contribution in [0.4, 0.5) is 0 Å². The number of rotatable bonds is 4. The molecule has 43 heavy (non-hydrogen) atoms. The molecule has 0 saturated carbocycles. The van der Waals surface area contributed by atoms with Gasteiger partial charge in [0.05, 0.1) is 8.07 Å². The van der Waals surface area contributed by atoms with Crippen molar-refractivity contribution in [3.63, 3.8) is 0 Å². The van der Waals surface area contributed by atoms with Crippen LogP contribution in [0.3, 0.4) is 0 Å². The number of thiophene rings is 1. The van der Waals surface area contributed by atoms with Crippen LogP contribution in [0.15, 0.2) is 91.3 Å². The molecule has 0 aliphatic rings. The van der Waals surface area contributed by atoms with Crippen LogP contribution < -0.4 is 5.19 Å². The molecule has 1 atom stereocenters. The van der Waals surface area contributed by atoms with Gasteiger partial charge in [-0.3, -0.25) is 0 Å². The molecule has 3 aromatic carbocycles. The van der Waals surface area contributed by atoms with E-state index in [-0.39, 0.29) is 25.5 Å². The van der Waals surface area contributed by atoms with Crippen molar-refractivity contribution in [2.75, 3.05) is 0 Å². The van der Waals surface area contributed by atoms with Crippen molar-refractivity contribution in [2.24, 2.45) is 5.41 Å². The zero-order chi connectivity index (χ0) is 31.0. The second-order valence-corrected chi connectivity index (χ2v) is 19.0. The molecular formula is C38H40IrN2SSi-2. The van der Waals surface area contributed by atoms with Crippen molar-refractivity contribution in [1.29, 1.82) is 0 Å². The van der Waals surface area contributed by atoms with Gasteiger partial charge in [-0.1, -0.05) is 102 Å². The Kier molecular flexibility index (Phi) is 9.78. The van der Waals surface area contributed by atoms with Crippen molar-refractivity contribution in [3.8, 4) is 22.5 Å². The number of aromatic nitrogens is 2. The summed E-state index contributed by atoms with van der Waals surface area (Å²) in [6.07, 6.45) is 3.85. The van der Waals surface area contributed by atoms with Gasteiger partial charge in [-0.25, -0.2) is 0 Å². The average Bonchev–Trinajstić information content (AvgIpc) is 3.38. The van der Waals surface area contributed by atoms with E-state index in [2.05, 4.69) is 118 Å². The Morgan fingerprint density at radius 3 is 2.30 bits per heavy atom. The van der Waals surface area contributed by atoms with Gasteiger partial charge in [0.25, 0.3) is 0 Å². The van der Waals surface area contributed by atoms with Gasteiger partial charge in [-0.05, 0) is 50.1 Å². The first-order valence-corrected chi connectivity index (χ1v) is 18.8. The molecule has 0 amide bonds. The van der Waals surface area contributed by atoms with Gasteiger partial charge >= 0.3 is 0 Å². The molecule has 1 radical (unpaired) electrons. The summed E-state index contributed by atoms with van der Waals surface area (Å²) < 4.78 is 11.4. The fourth-order valence-corrected chi connectivity index (χ4v) is 7.22. The molecule has 0 saturated heterocycles. The fourth-order valence-electron chi connectivity index (χ4n) is 4.90. The molecule has 3 aromatic heterocycles. The minimum absolute atomic E-state index is 0. The van der Waals surface area contributed by atoms with E-state index in [4.69, 9.17) is 1.37 Å². The van der Waals surface area contributed by atoms with Gasteiger partial charge in [0.2, 0.25) is 0 Å². The van der Waals surface area contributed by atoms with Gasteiger partial charge in [-0.15, -0.1) is 59.2 Å². The minimum atomic E-state index is -1.23. The largest absolute Gasteiger partial charge is 0.305 e. The van der Waals surface area contributed by atoms with Crippen molar-refractivity contribution < 1.29 is 21.5 Å². The summed E-state index contributed by atoms with van der Waals surface area (Å²) in [7, 11) is -1.23. The Bertz CT molecular complexity index is 1870. The summed E-state index contributed by atoms with van der Waals surface area (Å²) in [5.41, 5.74) is 6.04. The third-order valence-corrected chi connectivity index (χ3v) is 11.1. The number of hydrogen-bond acceptors (Lipinski definition) is 3. The molecule has 0 aliphatic heterocycles. The summed E-state index contributed by atoms with van der Waals surface area (Å²) >= 11 is 1.80. The van der Waals surface area contributed by atoms with Crippen molar-refractivity contribution in [3.05, 3.63) is 115 Å². The second-order valence-electron chi connectivity index (χ2n) is 12.9. The predicted octanol–water partition coefficient (Wildman–Crippen LogP) is 10.5. The number of hydrogen-bond donors (Lipinski definition) is 0. The molecule has 5 heteroatoms. The summed E-state index contributed by atoms with van der Waals surface area (Å²) in [5.74, 6) is -0.700. The molecule has 6 rings (SSSR count). The predicted molar refractivity (Wildman–Crippen MR) is 185 cm³/mol. The normalized spacial score (nSPS) is 13.4. The SMILES string of the molecule is C[Si](C)(C)c1ccc(-c2[c-]cccc2)nc1.[2H]C(C)(c1ccnc(-c2[c-]cc(C)c3c2sc2ccccc23)c1)C(C)(C)C.[Ir]. The maximum absolute atomic E-state index is 8.93. The Labute approximate surface area is 277 Å². The molecule has 0 N–H and O–H groups in total. The van der Waals surface area contributed by atoms with Crippen molar-refractivity contribution >= 4 is 44.8 Å². The Balaban J connectivity index is 0.000000223. The molecule has 0 spiro atoms. The van der Waals surface area contributed by atoms with Gasteiger partial charge in [0, 0.05) is 38.6 Å². The van der Waals surface area contributed by atoms with Crippen LogP contribution in [-0.2, 0) is 20.1 Å². The molecule has 1 unspecified atom stereocenters. The van der Waals surface area contributed by atoms with E-state index >= 15 is 0 Å². The van der Waals surface area contributed by atoms with E-state index in [0.717, 1.165) is 28.1 Å². The van der Waals surface area contributed by atoms with Crippen LogP contribution in [0, 0.1) is 24.5 Å². The first-order chi connectivity index (χ1) is 20.3. The molecule has 0 bridgehead atoms. The third kappa shape index (κ3) is 7.41. The molecule has 3 heterocycles. The minimum Gasteiger partial charge on any atom is -0.305 e. The van der Waals surface area contributed by atoms with E-state index in [0.29, 0.717) is 0 Å². The molecule has 2 nitrogen and oxygen atoms in total. The first kappa shape index (κ1) is 31.5. The van der Waals surface area contributed by atoms with Crippen LogP contribution >= 0.6 is 11.3 Å². The fraction of sp³-hybridized carbons (Fsp3) is 0.263. The van der Waals surface area contributed by atoms with Gasteiger partial charge in [-0.2, -0.15) is 11.3 Å². The first-order valence-electron chi connectivity index (χ1n) is 15.0. The molecular weight excluding hydrogens is 737 g/mol. The van der Waals surface area contributed by atoms with Crippen LogP contribution in [0.5, 0.6) is 0 Å². The van der Waals surface area contributed by atoms with Gasteiger partial charge < -0.3 is 9.97 Å². The monoisotopic (exact) mass is 778 g/mol. The van der Waals surface area contributed by atoms with Crippen LogP contribution in [0.25, 0.3) is 42.7 Å². The Hall–Kier alpha value is -2.95. The summed E-state index contributed by atoms with van der Waals surface area (Å²) in [6, 6.07) is 33.6. The summed E-state index contributed by atoms with van der Waals surface area (Å²) in [6.45, 7) is 17.5. The Morgan fingerprint density at radius 1 is 0.907 bits per heavy atom. The number of benzene rings is 3. The summed E-state index contributed by atoms with van der Waals surface area (Å²) in [5, 5.41) is 3.98. The van der Waals surface area contributed by atoms with Gasteiger partial charge in [0.1, 0.15) is 0 Å². The smallest absolute Gasteiger partial charge is 0.0795 e. The standard InChI is InChI=1S/C24H24NS.C14H16NSi.Ir/c1-15-10-11-18(23-22(15)19-8-6-7-9-21(19)26-23)20-14-17(12-13-25-20)16(2)24(3,4)5;1-16(2,3)13-9-10-14(15-11-13)12-7-5-4-6-8-12;/h6-10,12-14,16H,1-5H3;4-7,9-11H,1-3H3;/q2*-1;/i16D;;. The molecule has 223 valence electrons. The van der Waals surface area contributed by atoms with E-state index in [1.165, 1.54) is 30.9 Å². The maximum Gasteiger partial charge on any atom is 0.0795 e. The quantitative estimate of drug-likeness (QED) is 0.132. The summed E-state index contributed by atoms with van der Waals surface area (Å²) in [4.78, 5) is 9.17. The molecule has 6 aromatic rings. The second kappa shape index (κ2) is 13.4. The van der Waals surface area contributed by atoms with Crippen LogP contribution in [-0.4, -0.2) is 18.0 Å². The van der Waals surface area contributed by atoms with E-state index in [9.17, 15) is 0 Å². The van der Waals surface area contributed by atoms with E-state index < -0.39 is 14.0 Å². The van der Waals surface area contributed by atoms with Crippen LogP contribution in [0.2, 0.25) is 19.6 Å². The number of pyridine rings is 2. The van der Waals surface area contributed by atoms with Crippen molar-refractivity contribution in [1.82, 2.24) is 9.97 Å². The van der Waals surface area contributed by atoms with Crippen molar-refractivity contribution in [2.45, 2.75) is 60.2 Å². The zero-order valence-electron chi connectivity index (χ0n) is 27.3. The maximum atomic E-state index is 8.93. The topological polar surface area (TPSA) is 25.8 Å². The average molecular weight is 778 g/mol. The number of aryl methyl sites for hydroxylation is 1. The zero-order valence-corrected chi connectivity index (χ0v) is 30.5. The Morgan fingerprint density at radius 2 is 1.65 bits per heavy atom. The van der Waals surface area contributed by atoms with Gasteiger partial charge in [0.15, 0.2) is 0 Å². The molecule has 0 fully saturated rings. The van der Waals surface area contributed by atoms with Crippen LogP contribution in [0.1, 0.15) is 46.1 Å². The molecule has 0 aliphatic carbocycles. The third-order valence-electron chi connectivity index (χ3n) is 7.84. The van der Waals surface area contributed by atoms with E-state index in [1.807, 2.05) is 49.6 Å². The number of nitrogens with zero attached hydrogens (tertiary/aromatic N) is 2. The van der Waals surface area contributed by atoms with E-state index in [1.54, 1.807) is 11.3 Å².